The van der Waals surface area contributed by atoms with Gasteiger partial charge in [-0.3, -0.25) is 14.9 Å². The molecule has 9 nitrogen and oxygen atoms in total. The number of likely N-dealkylation sites (N-methyl/N-ethyl adjacent to an activating group) is 1. The maximum atomic E-state index is 12.5. The number of carbonyl (C=O) groups excluding carboxylic acids is 1. The van der Waals surface area contributed by atoms with Crippen LogP contribution in [0, 0.1) is 10.1 Å². The zero-order valence-electron chi connectivity index (χ0n) is 14.0. The molecule has 26 heavy (non-hydrogen) atoms. The van der Waals surface area contributed by atoms with Crippen LogP contribution in [0.4, 0.5) is 11.4 Å². The average molecular weight is 379 g/mol. The maximum Gasteiger partial charge on any atom is 0.312 e. The van der Waals surface area contributed by atoms with Gasteiger partial charge in [0.05, 0.1) is 9.82 Å². The van der Waals surface area contributed by atoms with Crippen molar-refractivity contribution < 1.29 is 22.9 Å². The molecule has 0 radical (unpaired) electrons. The number of hydrogen-bond donors (Lipinski definition) is 1. The molecule has 0 aliphatic carbocycles. The number of carbonyl (C=O) groups is 1. The van der Waals surface area contributed by atoms with Crippen molar-refractivity contribution in [1.82, 2.24) is 0 Å². The van der Waals surface area contributed by atoms with Gasteiger partial charge in [0.15, 0.2) is 11.9 Å². The van der Waals surface area contributed by atoms with Crippen LogP contribution in [0.3, 0.4) is 0 Å². The lowest BCUT2D eigenvalue weighted by atomic mass is 10.2. The Kier molecular flexibility index (Phi) is 5.58. The van der Waals surface area contributed by atoms with E-state index in [1.165, 1.54) is 11.8 Å². The van der Waals surface area contributed by atoms with Crippen LogP contribution in [0.1, 0.15) is 6.92 Å². The number of primary sulfonamides is 1. The number of hydrogen-bond acceptors (Lipinski definition) is 6. The molecule has 0 fully saturated rings. The molecular weight excluding hydrogens is 362 g/mol. The molecule has 2 N–H and O–H groups in total. The van der Waals surface area contributed by atoms with E-state index in [0.717, 1.165) is 18.2 Å². The van der Waals surface area contributed by atoms with Gasteiger partial charge in [-0.25, -0.2) is 13.6 Å². The van der Waals surface area contributed by atoms with Gasteiger partial charge in [0.1, 0.15) is 0 Å². The van der Waals surface area contributed by atoms with Crippen molar-refractivity contribution in [3.05, 3.63) is 58.6 Å². The predicted molar refractivity (Wildman–Crippen MR) is 94.4 cm³/mol. The summed E-state index contributed by atoms with van der Waals surface area (Å²) in [5, 5.41) is 16.2. The molecule has 2 rings (SSSR count). The van der Waals surface area contributed by atoms with Crippen LogP contribution in [-0.2, 0) is 14.8 Å². The molecule has 0 spiro atoms. The summed E-state index contributed by atoms with van der Waals surface area (Å²) >= 11 is 0. The lowest BCUT2D eigenvalue weighted by Gasteiger charge is -2.22. The van der Waals surface area contributed by atoms with Crippen molar-refractivity contribution >= 4 is 27.3 Å². The van der Waals surface area contributed by atoms with Crippen LogP contribution < -0.4 is 14.8 Å². The molecule has 0 bridgehead atoms. The third kappa shape index (κ3) is 4.35. The van der Waals surface area contributed by atoms with Crippen molar-refractivity contribution in [3.8, 4) is 5.75 Å². The number of ether oxygens (including phenoxy) is 1. The molecule has 0 saturated carbocycles. The summed E-state index contributed by atoms with van der Waals surface area (Å²) < 4.78 is 28.1. The minimum absolute atomic E-state index is 0.232. The fourth-order valence-corrected chi connectivity index (χ4v) is 2.74. The fourth-order valence-electron chi connectivity index (χ4n) is 2.21. The van der Waals surface area contributed by atoms with Gasteiger partial charge in [-0.05, 0) is 31.2 Å². The molecule has 0 aromatic heterocycles. The maximum absolute atomic E-state index is 12.5. The number of nitro benzene ring substituents is 1. The fraction of sp³-hybridized carbons (Fsp3) is 0.188. The van der Waals surface area contributed by atoms with Gasteiger partial charge in [-0.1, -0.05) is 18.2 Å². The van der Waals surface area contributed by atoms with E-state index in [0.29, 0.717) is 5.69 Å². The van der Waals surface area contributed by atoms with Crippen molar-refractivity contribution in [3.63, 3.8) is 0 Å². The molecule has 10 heteroatoms. The SMILES string of the molecule is C[C@H](Oc1ccc(S(N)(=O)=O)cc1[N+](=O)[O-])C(=O)N(C)c1ccccc1. The number of nitro groups is 1. The first-order valence-electron chi connectivity index (χ1n) is 7.42. The minimum atomic E-state index is -4.11. The molecule has 1 amide bonds. The highest BCUT2D eigenvalue weighted by atomic mass is 32.2. The zero-order valence-corrected chi connectivity index (χ0v) is 14.8. The topological polar surface area (TPSA) is 133 Å². The van der Waals surface area contributed by atoms with Crippen molar-refractivity contribution in [2.75, 3.05) is 11.9 Å². The number of anilines is 1. The van der Waals surface area contributed by atoms with E-state index < -0.39 is 37.5 Å². The first-order chi connectivity index (χ1) is 12.1. The Morgan fingerprint density at radius 3 is 2.38 bits per heavy atom. The van der Waals surface area contributed by atoms with Crippen LogP contribution in [0.2, 0.25) is 0 Å². The Balaban J connectivity index is 2.27. The second-order valence-electron chi connectivity index (χ2n) is 5.42. The van der Waals surface area contributed by atoms with E-state index in [4.69, 9.17) is 9.88 Å². The number of para-hydroxylation sites is 1. The number of benzene rings is 2. The van der Waals surface area contributed by atoms with Gasteiger partial charge in [0.2, 0.25) is 10.0 Å². The summed E-state index contributed by atoms with van der Waals surface area (Å²) in [5.74, 6) is -0.661. The number of amides is 1. The van der Waals surface area contributed by atoms with E-state index >= 15 is 0 Å². The summed E-state index contributed by atoms with van der Waals surface area (Å²) in [6, 6.07) is 11.8. The summed E-state index contributed by atoms with van der Waals surface area (Å²) in [6.45, 7) is 1.44. The van der Waals surface area contributed by atoms with Gasteiger partial charge >= 0.3 is 5.69 Å². The molecule has 2 aromatic rings. The molecule has 0 unspecified atom stereocenters. The summed E-state index contributed by atoms with van der Waals surface area (Å²) in [6.07, 6.45) is -1.04. The quantitative estimate of drug-likeness (QED) is 0.599. The van der Waals surface area contributed by atoms with E-state index in [-0.39, 0.29) is 5.75 Å². The highest BCUT2D eigenvalue weighted by molar-refractivity contribution is 7.89. The van der Waals surface area contributed by atoms with Crippen molar-refractivity contribution in [2.45, 2.75) is 17.9 Å². The number of nitrogens with zero attached hydrogens (tertiary/aromatic N) is 2. The van der Waals surface area contributed by atoms with Crippen LogP contribution in [-0.4, -0.2) is 32.4 Å². The second-order valence-corrected chi connectivity index (χ2v) is 6.99. The average Bonchev–Trinajstić information content (AvgIpc) is 2.60. The van der Waals surface area contributed by atoms with Gasteiger partial charge in [0, 0.05) is 18.8 Å². The summed E-state index contributed by atoms with van der Waals surface area (Å²) in [7, 11) is -2.55. The zero-order chi connectivity index (χ0) is 19.5. The Bertz CT molecular complexity index is 930. The summed E-state index contributed by atoms with van der Waals surface area (Å²) in [4.78, 5) is 23.8. The van der Waals surface area contributed by atoms with E-state index in [2.05, 4.69) is 0 Å². The Morgan fingerprint density at radius 1 is 1.23 bits per heavy atom. The van der Waals surface area contributed by atoms with Crippen molar-refractivity contribution in [2.24, 2.45) is 5.14 Å². The largest absolute Gasteiger partial charge is 0.474 e. The second kappa shape index (κ2) is 7.50. The normalized spacial score (nSPS) is 12.3. The third-order valence-electron chi connectivity index (χ3n) is 3.58. The Labute approximate surface area is 150 Å². The van der Waals surface area contributed by atoms with Gasteiger partial charge < -0.3 is 9.64 Å². The minimum Gasteiger partial charge on any atom is -0.474 e. The van der Waals surface area contributed by atoms with E-state index in [9.17, 15) is 23.3 Å². The first kappa shape index (κ1) is 19.3. The molecule has 0 heterocycles. The third-order valence-corrected chi connectivity index (χ3v) is 4.49. The van der Waals surface area contributed by atoms with Crippen LogP contribution >= 0.6 is 0 Å². The predicted octanol–water partition coefficient (Wildman–Crippen LogP) is 1.67. The molecule has 0 aliphatic rings. The molecule has 138 valence electrons. The lowest BCUT2D eigenvalue weighted by molar-refractivity contribution is -0.386. The Hall–Kier alpha value is -2.98. The van der Waals surface area contributed by atoms with Crippen molar-refractivity contribution in [1.29, 1.82) is 0 Å². The Morgan fingerprint density at radius 2 is 1.85 bits per heavy atom. The monoisotopic (exact) mass is 379 g/mol. The molecule has 1 atom stereocenters. The van der Waals surface area contributed by atoms with Crippen LogP contribution in [0.15, 0.2) is 53.4 Å². The number of rotatable bonds is 6. The molecular formula is C16H17N3O6S. The van der Waals surface area contributed by atoms with Crippen LogP contribution in [0.25, 0.3) is 0 Å². The van der Waals surface area contributed by atoms with E-state index in [1.807, 2.05) is 0 Å². The highest BCUT2D eigenvalue weighted by Gasteiger charge is 2.25. The molecule has 0 aliphatic heterocycles. The smallest absolute Gasteiger partial charge is 0.312 e. The number of sulfonamides is 1. The van der Waals surface area contributed by atoms with Gasteiger partial charge in [0.25, 0.3) is 5.91 Å². The highest BCUT2D eigenvalue weighted by Crippen LogP contribution is 2.30. The molecule has 0 saturated heterocycles. The van der Waals surface area contributed by atoms with Gasteiger partial charge in [-0.15, -0.1) is 0 Å². The first-order valence-corrected chi connectivity index (χ1v) is 8.96. The standard InChI is InChI=1S/C16H17N3O6S/c1-11(16(20)18(2)12-6-4-3-5-7-12)25-15-9-8-13(26(17,23)24)10-14(15)19(21)22/h3-11H,1-2H3,(H2,17,23,24)/t11-/m0/s1. The number of nitrogens with two attached hydrogens (primary N) is 1. The lowest BCUT2D eigenvalue weighted by Crippen LogP contribution is -2.38. The summed E-state index contributed by atoms with van der Waals surface area (Å²) in [5.41, 5.74) is 0.0329. The van der Waals surface area contributed by atoms with Gasteiger partial charge in [-0.2, -0.15) is 0 Å². The molecule has 2 aromatic carbocycles. The van der Waals surface area contributed by atoms with E-state index in [1.54, 1.807) is 37.4 Å². The van der Waals surface area contributed by atoms with Crippen LogP contribution in [0.5, 0.6) is 5.75 Å².